The highest BCUT2D eigenvalue weighted by Crippen LogP contribution is 2.11. The summed E-state index contributed by atoms with van der Waals surface area (Å²) in [6.07, 6.45) is 16.9. The number of carbonyl (C=O) groups excluding carboxylic acids is 5. The number of hydrogen-bond acceptors (Lipinski definition) is 8. The van der Waals surface area contributed by atoms with Crippen molar-refractivity contribution < 1.29 is 33.9 Å². The molecule has 0 bridgehead atoms. The van der Waals surface area contributed by atoms with Gasteiger partial charge in [0.2, 0.25) is 23.6 Å². The van der Waals surface area contributed by atoms with Crippen LogP contribution in [-0.4, -0.2) is 72.8 Å². The van der Waals surface area contributed by atoms with Gasteiger partial charge in [-0.25, -0.2) is 4.79 Å². The summed E-state index contributed by atoms with van der Waals surface area (Å²) >= 11 is 0. The lowest BCUT2D eigenvalue weighted by Gasteiger charge is -2.21. The van der Waals surface area contributed by atoms with E-state index in [2.05, 4.69) is 90.0 Å². The molecular formula is C42H69N7O7. The molecule has 1 unspecified atom stereocenters. The summed E-state index contributed by atoms with van der Waals surface area (Å²) in [6, 6.07) is 4.43. The van der Waals surface area contributed by atoms with Gasteiger partial charge in [-0.15, -0.1) is 0 Å². The Kier molecular flexibility index (Phi) is 33.3. The van der Waals surface area contributed by atoms with Crippen LogP contribution >= 0.6 is 0 Å². The van der Waals surface area contributed by atoms with Crippen molar-refractivity contribution in [2.24, 2.45) is 17.6 Å². The van der Waals surface area contributed by atoms with Gasteiger partial charge in [0.15, 0.2) is 0 Å². The SMILES string of the molecule is C/C=C\N/C(=C\C)C(=O)NC.CC.CC(C)C.CC(C)C(NC(=O)CN)C(=O)NCC(=O)N[C@@H](C)CC(=O)Nc1cccc(C(=O)O)c1.CC1=CC=CCC=C1. The van der Waals surface area contributed by atoms with Crippen molar-refractivity contribution in [3.63, 3.8) is 0 Å². The minimum absolute atomic E-state index is 0.0391. The Hall–Kier alpha value is -5.50. The number of likely N-dealkylation sites (N-methyl/N-ethyl adjacent to an activating group) is 1. The fourth-order valence-corrected chi connectivity index (χ4v) is 3.92. The van der Waals surface area contributed by atoms with Crippen molar-refractivity contribution in [3.05, 3.63) is 89.8 Å². The molecule has 1 aliphatic rings. The molecule has 9 N–H and O–H groups in total. The van der Waals surface area contributed by atoms with Gasteiger partial charge in [0.25, 0.3) is 5.91 Å². The van der Waals surface area contributed by atoms with E-state index in [1.165, 1.54) is 23.8 Å². The van der Waals surface area contributed by atoms with Crippen LogP contribution in [0, 0.1) is 11.8 Å². The Labute approximate surface area is 335 Å². The lowest BCUT2D eigenvalue weighted by Crippen LogP contribution is -2.53. The molecule has 2 rings (SSSR count). The minimum atomic E-state index is -1.11. The van der Waals surface area contributed by atoms with E-state index in [0.717, 1.165) is 12.3 Å². The highest BCUT2D eigenvalue weighted by molar-refractivity contribution is 5.95. The normalized spacial score (nSPS) is 12.5. The molecular weight excluding hydrogens is 715 g/mol. The third kappa shape index (κ3) is 29.9. The van der Waals surface area contributed by atoms with Crippen LogP contribution in [0.1, 0.15) is 99.4 Å². The summed E-state index contributed by atoms with van der Waals surface area (Å²) in [5.41, 5.74) is 7.50. The second kappa shape index (κ2) is 34.0. The average Bonchev–Trinajstić information content (AvgIpc) is 3.40. The topological polar surface area (TPSA) is 221 Å². The van der Waals surface area contributed by atoms with E-state index < -0.39 is 41.7 Å². The zero-order chi connectivity index (χ0) is 43.6. The largest absolute Gasteiger partial charge is 0.478 e. The summed E-state index contributed by atoms with van der Waals surface area (Å²) in [6.45, 7) is 20.8. The van der Waals surface area contributed by atoms with Crippen molar-refractivity contribution in [2.45, 2.75) is 101 Å². The average molecular weight is 784 g/mol. The maximum Gasteiger partial charge on any atom is 0.335 e. The smallest absolute Gasteiger partial charge is 0.335 e. The highest BCUT2D eigenvalue weighted by Gasteiger charge is 2.24. The van der Waals surface area contributed by atoms with E-state index in [-0.39, 0.29) is 36.9 Å². The molecule has 0 aliphatic heterocycles. The number of carbonyl (C=O) groups is 6. The standard InChI is InChI=1S/C20H29N5O6.C8H14N2O.C8H10.C4H10.C2H6/c1-11(2)18(25-16(27)9-21)19(29)22-10-17(28)23-12(3)7-15(26)24-14-6-4-5-13(8-14)20(30)31;1-4-6-10-7(5-2)8(11)9-3;1-8-6-4-2-3-5-7-8;1-4(2)3;1-2/h4-6,8,11-12,18H,7,9-10,21H2,1-3H3,(H,22,29)(H,23,28)(H,24,26)(H,25,27)(H,30,31);4-6,10H,1-3H3,(H,9,11);2,4-7H,3H2,1H3;4H,1-3H3;1-2H3/b;6-4-,7-5-;;;/t12-,18?;;;;/m0..../s1. The molecule has 0 saturated carbocycles. The minimum Gasteiger partial charge on any atom is -0.478 e. The van der Waals surface area contributed by atoms with Crippen molar-refractivity contribution in [1.29, 1.82) is 0 Å². The fourth-order valence-electron chi connectivity index (χ4n) is 3.92. The van der Waals surface area contributed by atoms with E-state index in [4.69, 9.17) is 10.8 Å². The molecule has 0 heterocycles. The van der Waals surface area contributed by atoms with Gasteiger partial charge in [0.05, 0.1) is 24.4 Å². The first-order valence-corrected chi connectivity index (χ1v) is 18.9. The van der Waals surface area contributed by atoms with Crippen LogP contribution in [0.3, 0.4) is 0 Å². The Balaban J connectivity index is -0.000000904. The number of carboxylic acid groups (broad SMARTS) is 1. The number of hydrogen-bond donors (Lipinski definition) is 8. The molecule has 0 aromatic heterocycles. The van der Waals surface area contributed by atoms with Gasteiger partial charge in [-0.3, -0.25) is 24.0 Å². The van der Waals surface area contributed by atoms with Gasteiger partial charge >= 0.3 is 5.97 Å². The van der Waals surface area contributed by atoms with Crippen LogP contribution in [0.2, 0.25) is 0 Å². The second-order valence-corrected chi connectivity index (χ2v) is 13.0. The Morgan fingerprint density at radius 1 is 0.911 bits per heavy atom. The highest BCUT2D eigenvalue weighted by atomic mass is 16.4. The first-order chi connectivity index (χ1) is 26.4. The Morgan fingerprint density at radius 3 is 2.05 bits per heavy atom. The number of aromatic carboxylic acids is 1. The molecule has 14 nitrogen and oxygen atoms in total. The van der Waals surface area contributed by atoms with Crippen molar-refractivity contribution in [2.75, 3.05) is 25.5 Å². The predicted molar refractivity (Wildman–Crippen MR) is 227 cm³/mol. The molecule has 14 heteroatoms. The van der Waals surface area contributed by atoms with Crippen LogP contribution in [0.15, 0.2) is 84.3 Å². The molecule has 5 amide bonds. The van der Waals surface area contributed by atoms with Gasteiger partial charge in [0.1, 0.15) is 6.04 Å². The van der Waals surface area contributed by atoms with Gasteiger partial charge in [0, 0.05) is 25.2 Å². The lowest BCUT2D eigenvalue weighted by atomic mass is 10.0. The van der Waals surface area contributed by atoms with Gasteiger partial charge < -0.3 is 42.7 Å². The van der Waals surface area contributed by atoms with Gasteiger partial charge in [-0.1, -0.05) is 103 Å². The van der Waals surface area contributed by atoms with E-state index >= 15 is 0 Å². The number of amides is 5. The molecule has 1 aromatic rings. The van der Waals surface area contributed by atoms with Gasteiger partial charge in [-0.05, 0) is 70.4 Å². The molecule has 56 heavy (non-hydrogen) atoms. The van der Waals surface area contributed by atoms with E-state index in [1.807, 2.05) is 26.8 Å². The fraction of sp³-hybridized carbons (Fsp3) is 0.476. The number of rotatable bonds is 14. The van der Waals surface area contributed by atoms with Gasteiger partial charge in [-0.2, -0.15) is 0 Å². The zero-order valence-corrected chi connectivity index (χ0v) is 35.5. The van der Waals surface area contributed by atoms with Crippen LogP contribution in [0.25, 0.3) is 0 Å². The van der Waals surface area contributed by atoms with Crippen LogP contribution in [-0.2, 0) is 24.0 Å². The quantitative estimate of drug-likeness (QED) is 0.114. The molecule has 314 valence electrons. The van der Waals surface area contributed by atoms with Crippen LogP contribution < -0.4 is 37.6 Å². The van der Waals surface area contributed by atoms with E-state index in [0.29, 0.717) is 11.4 Å². The van der Waals surface area contributed by atoms with Crippen molar-refractivity contribution >= 4 is 41.2 Å². The van der Waals surface area contributed by atoms with E-state index in [1.54, 1.807) is 53.1 Å². The monoisotopic (exact) mass is 784 g/mol. The Bertz CT molecular complexity index is 1490. The number of allylic oxidation sites excluding steroid dienone is 8. The first-order valence-electron chi connectivity index (χ1n) is 18.9. The maximum atomic E-state index is 12.2. The number of nitrogens with two attached hydrogens (primary N) is 1. The molecule has 0 saturated heterocycles. The molecule has 0 fully saturated rings. The zero-order valence-electron chi connectivity index (χ0n) is 35.5. The first kappa shape index (κ1) is 54.8. The summed E-state index contributed by atoms with van der Waals surface area (Å²) in [5, 5.41) is 24.4. The molecule has 0 radical (unpaired) electrons. The number of nitrogens with one attached hydrogen (secondary N) is 6. The molecule has 0 spiro atoms. The molecule has 1 aliphatic carbocycles. The van der Waals surface area contributed by atoms with Crippen molar-refractivity contribution in [1.82, 2.24) is 26.6 Å². The number of anilines is 1. The predicted octanol–water partition coefficient (Wildman–Crippen LogP) is 5.33. The summed E-state index contributed by atoms with van der Waals surface area (Å²) in [5.74, 6) is -2.51. The third-order valence-electron chi connectivity index (χ3n) is 6.48. The number of carboxylic acids is 1. The maximum absolute atomic E-state index is 12.2. The lowest BCUT2D eigenvalue weighted by molar-refractivity contribution is -0.131. The number of benzene rings is 1. The van der Waals surface area contributed by atoms with E-state index in [9.17, 15) is 28.8 Å². The Morgan fingerprint density at radius 2 is 1.54 bits per heavy atom. The summed E-state index contributed by atoms with van der Waals surface area (Å²) in [4.78, 5) is 69.8. The third-order valence-corrected chi connectivity index (χ3v) is 6.48. The molecule has 1 aromatic carbocycles. The summed E-state index contributed by atoms with van der Waals surface area (Å²) < 4.78 is 0. The van der Waals surface area contributed by atoms with Crippen LogP contribution in [0.4, 0.5) is 5.69 Å². The van der Waals surface area contributed by atoms with Crippen LogP contribution in [0.5, 0.6) is 0 Å². The summed E-state index contributed by atoms with van der Waals surface area (Å²) in [7, 11) is 1.60. The van der Waals surface area contributed by atoms with Crippen molar-refractivity contribution in [3.8, 4) is 0 Å². The molecule has 2 atom stereocenters. The second-order valence-electron chi connectivity index (χ2n) is 13.0.